The van der Waals surface area contributed by atoms with Gasteiger partial charge in [-0.25, -0.2) is 0 Å². The minimum atomic E-state index is -0.929. The lowest BCUT2D eigenvalue weighted by Gasteiger charge is -2.37. The molecular formula is C20H25NO4. The van der Waals surface area contributed by atoms with Crippen LogP contribution in [0.15, 0.2) is 30.3 Å². The summed E-state index contributed by atoms with van der Waals surface area (Å²) in [6.07, 6.45) is 3.00. The van der Waals surface area contributed by atoms with Crippen LogP contribution in [0.3, 0.4) is 0 Å². The third-order valence-electron chi connectivity index (χ3n) is 5.38. The monoisotopic (exact) mass is 343 g/mol. The maximum absolute atomic E-state index is 12.7. The first-order chi connectivity index (χ1) is 12.0. The molecule has 1 aromatic rings. The molecule has 25 heavy (non-hydrogen) atoms. The second kappa shape index (κ2) is 7.38. The predicted octanol–water partition coefficient (Wildman–Crippen LogP) is 2.75. The number of benzene rings is 1. The van der Waals surface area contributed by atoms with Crippen LogP contribution in [-0.2, 0) is 19.1 Å². The van der Waals surface area contributed by atoms with E-state index >= 15 is 0 Å². The van der Waals surface area contributed by atoms with E-state index in [1.165, 1.54) is 4.90 Å². The van der Waals surface area contributed by atoms with Gasteiger partial charge in [-0.15, -0.1) is 0 Å². The molecule has 0 aromatic heterocycles. The highest BCUT2D eigenvalue weighted by Gasteiger charge is 2.42. The zero-order valence-corrected chi connectivity index (χ0v) is 14.8. The van der Waals surface area contributed by atoms with Crippen molar-refractivity contribution >= 4 is 17.7 Å². The Morgan fingerprint density at radius 3 is 2.24 bits per heavy atom. The molecule has 5 heteroatoms. The topological polar surface area (TPSA) is 63.7 Å². The summed E-state index contributed by atoms with van der Waals surface area (Å²) in [6, 6.07) is 9.08. The van der Waals surface area contributed by atoms with Gasteiger partial charge in [-0.1, -0.05) is 36.8 Å². The number of carbonyl (C=O) groups excluding carboxylic acids is 3. The third kappa shape index (κ3) is 3.75. The Balaban J connectivity index is 1.74. The van der Waals surface area contributed by atoms with Gasteiger partial charge in [0.1, 0.15) is 5.78 Å². The summed E-state index contributed by atoms with van der Waals surface area (Å²) in [5.74, 6) is -0.594. The Morgan fingerprint density at radius 1 is 1.08 bits per heavy atom. The third-order valence-corrected chi connectivity index (χ3v) is 5.38. The molecule has 5 nitrogen and oxygen atoms in total. The summed E-state index contributed by atoms with van der Waals surface area (Å²) in [4.78, 5) is 38.9. The van der Waals surface area contributed by atoms with Crippen molar-refractivity contribution in [3.8, 4) is 0 Å². The van der Waals surface area contributed by atoms with E-state index in [1.807, 2.05) is 18.2 Å². The number of amides is 1. The number of hydrogen-bond donors (Lipinski definition) is 0. The van der Waals surface area contributed by atoms with Crippen LogP contribution in [0, 0.1) is 17.8 Å². The second-order valence-corrected chi connectivity index (χ2v) is 7.36. The van der Waals surface area contributed by atoms with Crippen molar-refractivity contribution < 1.29 is 19.1 Å². The van der Waals surface area contributed by atoms with Gasteiger partial charge < -0.3 is 9.64 Å². The summed E-state index contributed by atoms with van der Waals surface area (Å²) in [7, 11) is 3.30. The Morgan fingerprint density at radius 2 is 1.68 bits per heavy atom. The van der Waals surface area contributed by atoms with E-state index in [-0.39, 0.29) is 29.6 Å². The Labute approximate surface area is 148 Å². The highest BCUT2D eigenvalue weighted by atomic mass is 16.5. The molecule has 2 aliphatic carbocycles. The minimum absolute atomic E-state index is 0.00947. The first-order valence-electron chi connectivity index (χ1n) is 8.97. The van der Waals surface area contributed by atoms with Crippen LogP contribution < -0.4 is 0 Å². The minimum Gasteiger partial charge on any atom is -0.447 e. The molecular weight excluding hydrogens is 318 g/mol. The zero-order valence-electron chi connectivity index (χ0n) is 14.8. The van der Waals surface area contributed by atoms with E-state index in [9.17, 15) is 14.4 Å². The number of ether oxygens (including phenoxy) is 1. The molecule has 1 unspecified atom stereocenters. The second-order valence-electron chi connectivity index (χ2n) is 7.36. The van der Waals surface area contributed by atoms with E-state index in [4.69, 9.17) is 4.74 Å². The maximum Gasteiger partial charge on any atom is 0.310 e. The van der Waals surface area contributed by atoms with Crippen LogP contribution in [0.25, 0.3) is 0 Å². The summed E-state index contributed by atoms with van der Waals surface area (Å²) < 4.78 is 5.66. The fourth-order valence-corrected chi connectivity index (χ4v) is 4.01. The van der Waals surface area contributed by atoms with Gasteiger partial charge in [0, 0.05) is 31.5 Å². The van der Waals surface area contributed by atoms with Crippen LogP contribution >= 0.6 is 0 Å². The van der Waals surface area contributed by atoms with Crippen LogP contribution in [-0.4, -0.2) is 36.7 Å². The highest BCUT2D eigenvalue weighted by Crippen LogP contribution is 2.41. The molecule has 0 radical (unpaired) electrons. The summed E-state index contributed by atoms with van der Waals surface area (Å²) >= 11 is 0. The van der Waals surface area contributed by atoms with Crippen LogP contribution in [0.1, 0.15) is 43.8 Å². The lowest BCUT2D eigenvalue weighted by molar-refractivity contribution is -0.166. The number of likely N-dealkylation sites (N-methyl/N-ethyl adjacent to an activating group) is 1. The molecule has 4 atom stereocenters. The SMILES string of the molecule is CN(C)C(=O)[C@H](OC(=O)C1C[C@H]2CCC[C@@H](C1)C2=O)c1ccccc1. The first kappa shape index (κ1) is 17.6. The average Bonchev–Trinajstić information content (AvgIpc) is 2.59. The molecule has 2 aliphatic rings. The first-order valence-corrected chi connectivity index (χ1v) is 8.97. The van der Waals surface area contributed by atoms with Gasteiger partial charge in [-0.05, 0) is 25.7 Å². The highest BCUT2D eigenvalue weighted by molar-refractivity contribution is 5.88. The number of carbonyl (C=O) groups is 3. The van der Waals surface area contributed by atoms with Gasteiger partial charge in [0.25, 0.3) is 5.91 Å². The van der Waals surface area contributed by atoms with Gasteiger partial charge in [-0.2, -0.15) is 0 Å². The Hall–Kier alpha value is -2.17. The van der Waals surface area contributed by atoms with Crippen molar-refractivity contribution in [3.63, 3.8) is 0 Å². The van der Waals surface area contributed by atoms with Gasteiger partial charge >= 0.3 is 5.97 Å². The van der Waals surface area contributed by atoms with E-state index in [0.717, 1.165) is 19.3 Å². The fourth-order valence-electron chi connectivity index (χ4n) is 4.01. The number of fused-ring (bicyclic) bond motifs is 2. The molecule has 0 N–H and O–H groups in total. The summed E-state index contributed by atoms with van der Waals surface area (Å²) in [5, 5.41) is 0. The lowest BCUT2D eigenvalue weighted by Crippen LogP contribution is -2.40. The summed E-state index contributed by atoms with van der Waals surface area (Å²) in [5.41, 5.74) is 0.668. The number of esters is 1. The molecule has 1 aromatic carbocycles. The standard InChI is InChI=1S/C20H25NO4/c1-21(2)19(23)18(13-7-4-3-5-8-13)25-20(24)16-11-14-9-6-10-15(12-16)17(14)22/h3-5,7-8,14-16,18H,6,9-12H2,1-2H3/t14-,15+,16?,18-/m1/s1. The molecule has 1 amide bonds. The molecule has 3 rings (SSSR count). The number of hydrogen-bond acceptors (Lipinski definition) is 4. The van der Waals surface area contributed by atoms with E-state index in [1.54, 1.807) is 26.2 Å². The van der Waals surface area contributed by atoms with Crippen molar-refractivity contribution in [3.05, 3.63) is 35.9 Å². The number of nitrogens with zero attached hydrogens (tertiary/aromatic N) is 1. The Bertz CT molecular complexity index is 639. The average molecular weight is 343 g/mol. The van der Waals surface area contributed by atoms with Crippen molar-refractivity contribution in [2.24, 2.45) is 17.8 Å². The van der Waals surface area contributed by atoms with Crippen molar-refractivity contribution in [2.75, 3.05) is 14.1 Å². The van der Waals surface area contributed by atoms with Crippen molar-refractivity contribution in [1.29, 1.82) is 0 Å². The zero-order chi connectivity index (χ0) is 18.0. The number of rotatable bonds is 4. The Kier molecular flexibility index (Phi) is 5.21. The smallest absolute Gasteiger partial charge is 0.310 e. The molecule has 2 fully saturated rings. The maximum atomic E-state index is 12.7. The van der Waals surface area contributed by atoms with Crippen LogP contribution in [0.4, 0.5) is 0 Å². The quantitative estimate of drug-likeness (QED) is 0.789. The number of Topliss-reactive ketones (excluding diaryl/α,β-unsaturated/α-hetero) is 1. The molecule has 0 spiro atoms. The van der Waals surface area contributed by atoms with Crippen LogP contribution in [0.2, 0.25) is 0 Å². The van der Waals surface area contributed by atoms with Crippen molar-refractivity contribution in [2.45, 2.75) is 38.2 Å². The molecule has 0 aliphatic heterocycles. The number of ketones is 1. The van der Waals surface area contributed by atoms with Gasteiger partial charge in [0.05, 0.1) is 5.92 Å². The molecule has 2 saturated carbocycles. The van der Waals surface area contributed by atoms with E-state index in [0.29, 0.717) is 24.2 Å². The fraction of sp³-hybridized carbons (Fsp3) is 0.550. The normalized spacial score (nSPS) is 26.6. The molecule has 2 bridgehead atoms. The van der Waals surface area contributed by atoms with Crippen LogP contribution in [0.5, 0.6) is 0 Å². The van der Waals surface area contributed by atoms with Gasteiger partial charge in [0.2, 0.25) is 6.10 Å². The molecule has 134 valence electrons. The largest absolute Gasteiger partial charge is 0.447 e. The summed E-state index contributed by atoms with van der Waals surface area (Å²) in [6.45, 7) is 0. The molecule has 0 heterocycles. The van der Waals surface area contributed by atoms with Crippen molar-refractivity contribution in [1.82, 2.24) is 4.90 Å². The predicted molar refractivity (Wildman–Crippen MR) is 92.5 cm³/mol. The van der Waals surface area contributed by atoms with E-state index in [2.05, 4.69) is 0 Å². The molecule has 0 saturated heterocycles. The van der Waals surface area contributed by atoms with Gasteiger partial charge in [0.15, 0.2) is 0 Å². The van der Waals surface area contributed by atoms with E-state index < -0.39 is 6.10 Å². The van der Waals surface area contributed by atoms with Gasteiger partial charge in [-0.3, -0.25) is 14.4 Å². The lowest BCUT2D eigenvalue weighted by atomic mass is 9.67.